The first-order valence-corrected chi connectivity index (χ1v) is 8.08. The fraction of sp³-hybridized carbons (Fsp3) is 0.625. The van der Waals surface area contributed by atoms with E-state index in [4.69, 9.17) is 4.74 Å². The minimum atomic E-state index is -3.12. The second-order valence-corrected chi connectivity index (χ2v) is 6.60. The monoisotopic (exact) mass is 354 g/mol. The molecule has 0 N–H and O–H groups in total. The van der Waals surface area contributed by atoms with Gasteiger partial charge in [-0.25, -0.2) is 18.7 Å². The Balaban J connectivity index is 1.82. The Morgan fingerprint density at radius 2 is 2.20 bits per heavy atom. The van der Waals surface area contributed by atoms with Crippen LogP contribution in [-0.4, -0.2) is 77.4 Å². The van der Waals surface area contributed by atoms with Gasteiger partial charge in [0.1, 0.15) is 12.0 Å². The number of hydrogen-bond acceptors (Lipinski definition) is 5. The number of likely N-dealkylation sites (tertiary alicyclic amines) is 2. The van der Waals surface area contributed by atoms with Crippen LogP contribution in [0.4, 0.5) is 8.78 Å². The van der Waals surface area contributed by atoms with Gasteiger partial charge in [-0.1, -0.05) is 0 Å². The zero-order chi connectivity index (χ0) is 18.1. The molecule has 0 aliphatic carbocycles. The Morgan fingerprint density at radius 1 is 1.40 bits per heavy atom. The van der Waals surface area contributed by atoms with E-state index in [1.54, 1.807) is 0 Å². The molecule has 0 radical (unpaired) electrons. The third-order valence-corrected chi connectivity index (χ3v) is 4.77. The molecule has 2 fully saturated rings. The highest BCUT2D eigenvalue weighted by Gasteiger charge is 2.57. The minimum Gasteiger partial charge on any atom is -0.383 e. The normalized spacial score (nSPS) is 25.6. The lowest BCUT2D eigenvalue weighted by Crippen LogP contribution is -2.57. The number of aromatic nitrogens is 2. The molecule has 25 heavy (non-hydrogen) atoms. The van der Waals surface area contributed by atoms with Crippen LogP contribution in [0.25, 0.3) is 0 Å². The average Bonchev–Trinajstić information content (AvgIpc) is 2.87. The predicted molar refractivity (Wildman–Crippen MR) is 83.0 cm³/mol. The van der Waals surface area contributed by atoms with E-state index in [2.05, 4.69) is 9.97 Å². The Kier molecular flexibility index (Phi) is 4.68. The first-order valence-electron chi connectivity index (χ1n) is 8.08. The molecule has 1 aromatic rings. The van der Waals surface area contributed by atoms with E-state index >= 15 is 0 Å². The van der Waals surface area contributed by atoms with E-state index in [0.29, 0.717) is 26.1 Å². The summed E-state index contributed by atoms with van der Waals surface area (Å²) in [5, 5.41) is 0. The zero-order valence-electron chi connectivity index (χ0n) is 14.0. The van der Waals surface area contributed by atoms with Gasteiger partial charge >= 0.3 is 0 Å². The molecule has 3 heterocycles. The van der Waals surface area contributed by atoms with Crippen molar-refractivity contribution in [3.8, 4) is 0 Å². The van der Waals surface area contributed by atoms with Gasteiger partial charge in [0.15, 0.2) is 0 Å². The number of alkyl halides is 2. The van der Waals surface area contributed by atoms with Crippen LogP contribution in [0.15, 0.2) is 18.6 Å². The van der Waals surface area contributed by atoms with E-state index in [-0.39, 0.29) is 18.1 Å². The van der Waals surface area contributed by atoms with Crippen molar-refractivity contribution in [2.75, 3.05) is 39.9 Å². The van der Waals surface area contributed by atoms with Gasteiger partial charge in [0.2, 0.25) is 5.91 Å². The lowest BCUT2D eigenvalue weighted by molar-refractivity contribution is -0.151. The predicted octanol–water partition coefficient (Wildman–Crippen LogP) is 0.823. The van der Waals surface area contributed by atoms with Crippen LogP contribution in [0.5, 0.6) is 0 Å². The maximum atomic E-state index is 14.4. The average molecular weight is 354 g/mol. The third kappa shape index (κ3) is 3.46. The van der Waals surface area contributed by atoms with Crippen molar-refractivity contribution >= 4 is 11.8 Å². The third-order valence-electron chi connectivity index (χ3n) is 4.77. The van der Waals surface area contributed by atoms with E-state index in [9.17, 15) is 18.4 Å². The van der Waals surface area contributed by atoms with Gasteiger partial charge in [0.25, 0.3) is 11.8 Å². The summed E-state index contributed by atoms with van der Waals surface area (Å²) in [5.41, 5.74) is -1.19. The van der Waals surface area contributed by atoms with Crippen molar-refractivity contribution in [2.24, 2.45) is 5.41 Å². The molecule has 7 nitrogen and oxygen atoms in total. The van der Waals surface area contributed by atoms with Crippen molar-refractivity contribution in [2.45, 2.75) is 18.8 Å². The standard InChI is InChI=1S/C16H20F2N4O3/c1-25-7-6-21-5-3-15(14(21)24)8-16(17,18)10-22(9-15)13(23)12-2-4-19-11-20-12/h2,4,11H,3,5-10H2,1H3/t15-/m0/s1. The number of halogens is 2. The summed E-state index contributed by atoms with van der Waals surface area (Å²) in [6.45, 7) is 0.384. The molecule has 9 heteroatoms. The molecule has 2 saturated heterocycles. The highest BCUT2D eigenvalue weighted by atomic mass is 19.3. The maximum Gasteiger partial charge on any atom is 0.272 e. The molecule has 0 saturated carbocycles. The molecule has 1 spiro atoms. The number of methoxy groups -OCH3 is 1. The summed E-state index contributed by atoms with van der Waals surface area (Å²) < 4.78 is 33.7. The van der Waals surface area contributed by atoms with Crippen molar-refractivity contribution in [1.82, 2.24) is 19.8 Å². The van der Waals surface area contributed by atoms with Gasteiger partial charge in [0, 0.05) is 39.4 Å². The topological polar surface area (TPSA) is 75.6 Å². The van der Waals surface area contributed by atoms with Crippen LogP contribution in [0.2, 0.25) is 0 Å². The summed E-state index contributed by atoms with van der Waals surface area (Å²) in [6, 6.07) is 1.38. The number of hydrogen-bond donors (Lipinski definition) is 0. The fourth-order valence-corrected chi connectivity index (χ4v) is 3.65. The molecule has 2 aliphatic heterocycles. The molecular formula is C16H20F2N4O3. The van der Waals surface area contributed by atoms with Crippen LogP contribution >= 0.6 is 0 Å². The van der Waals surface area contributed by atoms with E-state index in [1.807, 2.05) is 0 Å². The molecule has 2 amide bonds. The highest BCUT2D eigenvalue weighted by Crippen LogP contribution is 2.45. The molecule has 3 rings (SSSR count). The van der Waals surface area contributed by atoms with E-state index in [0.717, 1.165) is 4.90 Å². The van der Waals surface area contributed by atoms with Crippen molar-refractivity contribution in [1.29, 1.82) is 0 Å². The van der Waals surface area contributed by atoms with Crippen LogP contribution in [0.3, 0.4) is 0 Å². The fourth-order valence-electron chi connectivity index (χ4n) is 3.65. The minimum absolute atomic E-state index is 0.0201. The summed E-state index contributed by atoms with van der Waals surface area (Å²) in [5.74, 6) is -4.05. The molecule has 1 atom stereocenters. The Labute approximate surface area is 144 Å². The van der Waals surface area contributed by atoms with Crippen LogP contribution in [0, 0.1) is 5.41 Å². The van der Waals surface area contributed by atoms with Crippen molar-refractivity contribution < 1.29 is 23.1 Å². The smallest absolute Gasteiger partial charge is 0.272 e. The molecule has 2 aliphatic rings. The van der Waals surface area contributed by atoms with Crippen LogP contribution in [-0.2, 0) is 9.53 Å². The Morgan fingerprint density at radius 3 is 2.88 bits per heavy atom. The van der Waals surface area contributed by atoms with Crippen molar-refractivity contribution in [3.05, 3.63) is 24.3 Å². The lowest BCUT2D eigenvalue weighted by Gasteiger charge is -2.42. The lowest BCUT2D eigenvalue weighted by atomic mass is 9.77. The first kappa shape index (κ1) is 17.7. The van der Waals surface area contributed by atoms with E-state index < -0.39 is 30.2 Å². The summed E-state index contributed by atoms with van der Waals surface area (Å²) >= 11 is 0. The molecule has 1 aromatic heterocycles. The number of carbonyl (C=O) groups excluding carboxylic acids is 2. The zero-order valence-corrected chi connectivity index (χ0v) is 14.0. The first-order chi connectivity index (χ1) is 11.9. The van der Waals surface area contributed by atoms with Crippen LogP contribution in [0.1, 0.15) is 23.3 Å². The Bertz CT molecular complexity index is 658. The number of carbonyl (C=O) groups is 2. The van der Waals surface area contributed by atoms with Gasteiger partial charge < -0.3 is 14.5 Å². The second kappa shape index (κ2) is 6.62. The Hall–Kier alpha value is -2.16. The molecular weight excluding hydrogens is 334 g/mol. The molecule has 0 unspecified atom stereocenters. The van der Waals surface area contributed by atoms with Gasteiger partial charge in [-0.15, -0.1) is 0 Å². The molecule has 0 bridgehead atoms. The molecule has 136 valence electrons. The summed E-state index contributed by atoms with van der Waals surface area (Å²) in [6.07, 6.45) is 2.35. The quantitative estimate of drug-likeness (QED) is 0.800. The molecule has 0 aromatic carbocycles. The largest absolute Gasteiger partial charge is 0.383 e. The SMILES string of the molecule is COCCN1CC[C@]2(CN(C(=O)c3ccncn3)CC(F)(F)C2)C1=O. The highest BCUT2D eigenvalue weighted by molar-refractivity contribution is 5.93. The summed E-state index contributed by atoms with van der Waals surface area (Å²) in [4.78, 5) is 35.4. The van der Waals surface area contributed by atoms with Gasteiger partial charge in [-0.05, 0) is 12.5 Å². The second-order valence-electron chi connectivity index (χ2n) is 6.60. The number of ether oxygens (including phenoxy) is 1. The number of rotatable bonds is 4. The van der Waals surface area contributed by atoms with Gasteiger partial charge in [0.05, 0.1) is 18.6 Å². The van der Waals surface area contributed by atoms with Crippen molar-refractivity contribution in [3.63, 3.8) is 0 Å². The van der Waals surface area contributed by atoms with Crippen LogP contribution < -0.4 is 0 Å². The number of nitrogens with zero attached hydrogens (tertiary/aromatic N) is 4. The van der Waals surface area contributed by atoms with E-state index in [1.165, 1.54) is 30.6 Å². The van der Waals surface area contributed by atoms with Gasteiger partial charge in [-0.3, -0.25) is 9.59 Å². The number of amides is 2. The summed E-state index contributed by atoms with van der Waals surface area (Å²) in [7, 11) is 1.52. The maximum absolute atomic E-state index is 14.4. The van der Waals surface area contributed by atoms with Gasteiger partial charge in [-0.2, -0.15) is 0 Å². The number of piperidine rings is 1.